The Balaban J connectivity index is 1.96. The fourth-order valence-electron chi connectivity index (χ4n) is 1.65. The van der Waals surface area contributed by atoms with Crippen LogP contribution in [0.2, 0.25) is 0 Å². The van der Waals surface area contributed by atoms with Crippen LogP contribution in [0.1, 0.15) is 25.7 Å². The minimum absolute atomic E-state index is 0.186. The van der Waals surface area contributed by atoms with Crippen LogP contribution in [0, 0.1) is 0 Å². The molecule has 0 spiro atoms. The Bertz CT molecular complexity index is 167. The topological polar surface area (TPSA) is 47.6 Å². The first-order valence-corrected chi connectivity index (χ1v) is 5.21. The van der Waals surface area contributed by atoms with Crippen molar-refractivity contribution >= 4 is 5.97 Å². The quantitative estimate of drug-likeness (QED) is 0.508. The second-order valence-electron chi connectivity index (χ2n) is 3.58. The van der Waals surface area contributed by atoms with Crippen LogP contribution >= 0.6 is 0 Å². The first kappa shape index (κ1) is 11.5. The van der Waals surface area contributed by atoms with E-state index in [1.54, 1.807) is 7.11 Å². The monoisotopic (exact) mass is 201 g/mol. The normalized spacial score (nSPS) is 17.2. The lowest BCUT2D eigenvalue weighted by atomic mass is 10.2. The molecule has 0 heterocycles. The molecule has 4 nitrogen and oxygen atoms in total. The average molecular weight is 201 g/mol. The van der Waals surface area contributed by atoms with Crippen LogP contribution in [0.5, 0.6) is 0 Å². The highest BCUT2D eigenvalue weighted by Crippen LogP contribution is 2.17. The van der Waals surface area contributed by atoms with E-state index >= 15 is 0 Å². The molecule has 1 aliphatic carbocycles. The van der Waals surface area contributed by atoms with Crippen molar-refractivity contribution in [2.45, 2.75) is 31.7 Å². The van der Waals surface area contributed by atoms with E-state index in [4.69, 9.17) is 9.47 Å². The predicted octanol–water partition coefficient (Wildman–Crippen LogP) is 0.708. The van der Waals surface area contributed by atoms with Crippen molar-refractivity contribution in [3.8, 4) is 0 Å². The van der Waals surface area contributed by atoms with Crippen LogP contribution in [0.25, 0.3) is 0 Å². The molecule has 0 bridgehead atoms. The summed E-state index contributed by atoms with van der Waals surface area (Å²) in [5.41, 5.74) is 0. The minimum atomic E-state index is -0.186. The van der Waals surface area contributed by atoms with Gasteiger partial charge in [-0.2, -0.15) is 0 Å². The Kier molecular flexibility index (Phi) is 5.56. The Hall–Kier alpha value is -0.610. The summed E-state index contributed by atoms with van der Waals surface area (Å²) in [6.45, 7) is 1.14. The van der Waals surface area contributed by atoms with Crippen molar-refractivity contribution < 1.29 is 14.3 Å². The maximum absolute atomic E-state index is 11.1. The van der Waals surface area contributed by atoms with Crippen molar-refractivity contribution in [3.05, 3.63) is 0 Å². The summed E-state index contributed by atoms with van der Waals surface area (Å²) in [7, 11) is 1.59. The Labute approximate surface area is 85.0 Å². The standard InChI is InChI=1S/C10H19NO3/c1-13-6-7-14-10(12)8-11-9-4-2-3-5-9/h9,11H,2-8H2,1H3. The van der Waals surface area contributed by atoms with Crippen LogP contribution in [-0.2, 0) is 14.3 Å². The summed E-state index contributed by atoms with van der Waals surface area (Å²) in [5, 5.41) is 3.19. The number of hydrogen-bond donors (Lipinski definition) is 1. The van der Waals surface area contributed by atoms with Gasteiger partial charge in [0.05, 0.1) is 13.2 Å². The second-order valence-corrected chi connectivity index (χ2v) is 3.58. The number of nitrogens with one attached hydrogen (secondary N) is 1. The van der Waals surface area contributed by atoms with Crippen molar-refractivity contribution in [2.24, 2.45) is 0 Å². The Morgan fingerprint density at radius 3 is 2.71 bits per heavy atom. The number of carbonyl (C=O) groups is 1. The van der Waals surface area contributed by atoms with Gasteiger partial charge in [-0.1, -0.05) is 12.8 Å². The van der Waals surface area contributed by atoms with Crippen LogP contribution < -0.4 is 5.32 Å². The largest absolute Gasteiger partial charge is 0.462 e. The molecule has 0 atom stereocenters. The fraction of sp³-hybridized carbons (Fsp3) is 0.900. The minimum Gasteiger partial charge on any atom is -0.462 e. The summed E-state index contributed by atoms with van der Waals surface area (Å²) in [5.74, 6) is -0.186. The molecule has 1 rings (SSSR count). The van der Waals surface area contributed by atoms with Gasteiger partial charge >= 0.3 is 5.97 Å². The molecule has 0 amide bonds. The molecule has 14 heavy (non-hydrogen) atoms. The molecule has 4 heteroatoms. The molecule has 1 N–H and O–H groups in total. The van der Waals surface area contributed by atoms with Gasteiger partial charge in [0, 0.05) is 13.2 Å². The predicted molar refractivity (Wildman–Crippen MR) is 53.1 cm³/mol. The summed E-state index contributed by atoms with van der Waals surface area (Å²) >= 11 is 0. The third-order valence-corrected chi connectivity index (χ3v) is 2.44. The van der Waals surface area contributed by atoms with E-state index in [0.29, 0.717) is 25.8 Å². The molecule has 0 aromatic rings. The van der Waals surface area contributed by atoms with Crippen LogP contribution in [0.3, 0.4) is 0 Å². The smallest absolute Gasteiger partial charge is 0.320 e. The van der Waals surface area contributed by atoms with Crippen molar-refractivity contribution in [3.63, 3.8) is 0 Å². The number of ether oxygens (including phenoxy) is 2. The number of hydrogen-bond acceptors (Lipinski definition) is 4. The second kappa shape index (κ2) is 6.79. The number of rotatable bonds is 6. The molecule has 0 saturated heterocycles. The fourth-order valence-corrected chi connectivity index (χ4v) is 1.65. The van der Waals surface area contributed by atoms with Gasteiger partial charge in [0.25, 0.3) is 0 Å². The molecule has 1 saturated carbocycles. The summed E-state index contributed by atoms with van der Waals surface area (Å²) in [6.07, 6.45) is 4.92. The van der Waals surface area contributed by atoms with Gasteiger partial charge in [0.2, 0.25) is 0 Å². The first-order chi connectivity index (χ1) is 6.83. The zero-order chi connectivity index (χ0) is 10.2. The van der Waals surface area contributed by atoms with Gasteiger partial charge in [-0.3, -0.25) is 4.79 Å². The number of methoxy groups -OCH3 is 1. The number of carbonyl (C=O) groups excluding carboxylic acids is 1. The lowest BCUT2D eigenvalue weighted by Crippen LogP contribution is -2.32. The molecule has 82 valence electrons. The molecule has 0 aromatic carbocycles. The molecule has 1 aliphatic rings. The Morgan fingerprint density at radius 2 is 2.07 bits per heavy atom. The third kappa shape index (κ3) is 4.58. The van der Waals surface area contributed by atoms with E-state index in [0.717, 1.165) is 0 Å². The average Bonchev–Trinajstić information content (AvgIpc) is 2.68. The SMILES string of the molecule is COCCOC(=O)CNC1CCCC1. The van der Waals surface area contributed by atoms with Crippen molar-refractivity contribution in [2.75, 3.05) is 26.9 Å². The van der Waals surface area contributed by atoms with Gasteiger partial charge in [0.1, 0.15) is 6.61 Å². The molecule has 1 fully saturated rings. The molecule has 0 aliphatic heterocycles. The molecule has 0 radical (unpaired) electrons. The highest BCUT2D eigenvalue weighted by atomic mass is 16.6. The van der Waals surface area contributed by atoms with E-state index in [2.05, 4.69) is 5.32 Å². The van der Waals surface area contributed by atoms with Gasteiger partial charge < -0.3 is 14.8 Å². The van der Waals surface area contributed by atoms with E-state index in [9.17, 15) is 4.79 Å². The van der Waals surface area contributed by atoms with Crippen LogP contribution in [0.4, 0.5) is 0 Å². The van der Waals surface area contributed by atoms with Crippen LogP contribution in [0.15, 0.2) is 0 Å². The zero-order valence-corrected chi connectivity index (χ0v) is 8.75. The zero-order valence-electron chi connectivity index (χ0n) is 8.75. The van der Waals surface area contributed by atoms with Crippen LogP contribution in [-0.4, -0.2) is 38.9 Å². The summed E-state index contributed by atoms with van der Waals surface area (Å²) in [4.78, 5) is 11.1. The van der Waals surface area contributed by atoms with Gasteiger partial charge in [-0.15, -0.1) is 0 Å². The summed E-state index contributed by atoms with van der Waals surface area (Å²) in [6, 6.07) is 0.518. The van der Waals surface area contributed by atoms with E-state index in [1.807, 2.05) is 0 Å². The van der Waals surface area contributed by atoms with Gasteiger partial charge in [0.15, 0.2) is 0 Å². The molecule has 0 aromatic heterocycles. The first-order valence-electron chi connectivity index (χ1n) is 5.21. The Morgan fingerprint density at radius 1 is 1.36 bits per heavy atom. The van der Waals surface area contributed by atoms with Crippen molar-refractivity contribution in [1.82, 2.24) is 5.32 Å². The van der Waals surface area contributed by atoms with E-state index in [-0.39, 0.29) is 5.97 Å². The van der Waals surface area contributed by atoms with E-state index in [1.165, 1.54) is 25.7 Å². The lowest BCUT2D eigenvalue weighted by Gasteiger charge is -2.10. The van der Waals surface area contributed by atoms with Crippen molar-refractivity contribution in [1.29, 1.82) is 0 Å². The summed E-state index contributed by atoms with van der Waals surface area (Å²) < 4.78 is 9.69. The highest BCUT2D eigenvalue weighted by molar-refractivity contribution is 5.71. The van der Waals surface area contributed by atoms with E-state index < -0.39 is 0 Å². The molecule has 0 unspecified atom stereocenters. The maximum atomic E-state index is 11.1. The molecular weight excluding hydrogens is 182 g/mol. The van der Waals surface area contributed by atoms with Gasteiger partial charge in [-0.05, 0) is 12.8 Å². The lowest BCUT2D eigenvalue weighted by molar-refractivity contribution is -0.143. The maximum Gasteiger partial charge on any atom is 0.320 e. The molecular formula is C10H19NO3. The third-order valence-electron chi connectivity index (χ3n) is 2.44. The van der Waals surface area contributed by atoms with Gasteiger partial charge in [-0.25, -0.2) is 0 Å². The number of esters is 1. The highest BCUT2D eigenvalue weighted by Gasteiger charge is 2.15.